The Morgan fingerprint density at radius 3 is 2.41 bits per heavy atom. The Kier molecular flexibility index (Phi) is 4.63. The number of nitro benzene ring substituents is 1. The van der Waals surface area contributed by atoms with Crippen LogP contribution in [0, 0.1) is 10.1 Å². The fourth-order valence-corrected chi connectivity index (χ4v) is 1.68. The number of hydrogen-bond acceptors (Lipinski definition) is 4. The van der Waals surface area contributed by atoms with Crippen LogP contribution in [0.4, 0.5) is 5.69 Å². The van der Waals surface area contributed by atoms with Crippen molar-refractivity contribution in [3.63, 3.8) is 0 Å². The maximum Gasteiger partial charge on any atom is 0.313 e. The van der Waals surface area contributed by atoms with Crippen LogP contribution in [0.2, 0.25) is 0 Å². The van der Waals surface area contributed by atoms with Crippen LogP contribution in [0.5, 0.6) is 0 Å². The molecule has 0 aliphatic carbocycles. The van der Waals surface area contributed by atoms with Crippen molar-refractivity contribution in [2.75, 3.05) is 7.11 Å². The number of benzene rings is 1. The number of esters is 1. The van der Waals surface area contributed by atoms with E-state index in [4.69, 9.17) is 4.74 Å². The molecule has 0 N–H and O–H groups in total. The van der Waals surface area contributed by atoms with Crippen molar-refractivity contribution in [3.05, 3.63) is 39.9 Å². The summed E-state index contributed by atoms with van der Waals surface area (Å²) in [6.45, 7) is 1.97. The minimum absolute atomic E-state index is 0.0221. The molecule has 0 spiro atoms. The fourth-order valence-electron chi connectivity index (χ4n) is 1.68. The van der Waals surface area contributed by atoms with Gasteiger partial charge in [0, 0.05) is 12.1 Å². The zero-order valence-corrected chi connectivity index (χ0v) is 9.88. The summed E-state index contributed by atoms with van der Waals surface area (Å²) in [5, 5.41) is 10.5. The van der Waals surface area contributed by atoms with Gasteiger partial charge in [-0.3, -0.25) is 14.9 Å². The summed E-state index contributed by atoms with van der Waals surface area (Å²) in [6, 6.07) is 6.02. The summed E-state index contributed by atoms with van der Waals surface area (Å²) >= 11 is 0. The molecule has 0 saturated carbocycles. The summed E-state index contributed by atoms with van der Waals surface area (Å²) < 4.78 is 4.72. The molecule has 0 aliphatic heterocycles. The number of nitro groups is 1. The van der Waals surface area contributed by atoms with E-state index in [0.717, 1.165) is 12.0 Å². The van der Waals surface area contributed by atoms with Gasteiger partial charge in [-0.2, -0.15) is 0 Å². The second kappa shape index (κ2) is 5.98. The van der Waals surface area contributed by atoms with Crippen molar-refractivity contribution >= 4 is 11.7 Å². The molecule has 1 atom stereocenters. The molecule has 0 radical (unpaired) electrons. The normalized spacial score (nSPS) is 11.9. The summed E-state index contributed by atoms with van der Waals surface area (Å²) in [6.07, 6.45) is 1.52. The van der Waals surface area contributed by atoms with Crippen molar-refractivity contribution < 1.29 is 14.5 Å². The second-order valence-electron chi connectivity index (χ2n) is 3.71. The van der Waals surface area contributed by atoms with Gasteiger partial charge in [-0.1, -0.05) is 25.5 Å². The van der Waals surface area contributed by atoms with Crippen LogP contribution in [0.1, 0.15) is 31.2 Å². The number of carbonyl (C=O) groups excluding carboxylic acids is 1. The second-order valence-corrected chi connectivity index (χ2v) is 3.71. The number of ether oxygens (including phenoxy) is 1. The van der Waals surface area contributed by atoms with Crippen molar-refractivity contribution in [3.8, 4) is 0 Å². The smallest absolute Gasteiger partial charge is 0.313 e. The third-order valence-corrected chi connectivity index (χ3v) is 2.57. The van der Waals surface area contributed by atoms with Crippen LogP contribution in [-0.4, -0.2) is 18.0 Å². The van der Waals surface area contributed by atoms with Gasteiger partial charge in [-0.25, -0.2) is 0 Å². The molecular weight excluding hydrogens is 222 g/mol. The van der Waals surface area contributed by atoms with E-state index in [1.54, 1.807) is 12.1 Å². The van der Waals surface area contributed by atoms with Crippen LogP contribution in [0.15, 0.2) is 24.3 Å². The molecule has 0 bridgehead atoms. The maximum absolute atomic E-state index is 11.6. The Hall–Kier alpha value is -1.91. The highest BCUT2D eigenvalue weighted by Crippen LogP contribution is 2.24. The predicted octanol–water partition coefficient (Wildman–Crippen LogP) is 2.65. The van der Waals surface area contributed by atoms with Crippen LogP contribution < -0.4 is 0 Å². The molecule has 5 nitrogen and oxygen atoms in total. The van der Waals surface area contributed by atoms with Crippen LogP contribution >= 0.6 is 0 Å². The minimum atomic E-state index is -0.462. The van der Waals surface area contributed by atoms with E-state index in [0.29, 0.717) is 6.42 Å². The predicted molar refractivity (Wildman–Crippen MR) is 62.8 cm³/mol. The molecule has 1 aromatic rings. The van der Waals surface area contributed by atoms with E-state index in [1.807, 2.05) is 6.92 Å². The minimum Gasteiger partial charge on any atom is -0.469 e. The molecule has 0 amide bonds. The molecule has 0 saturated heterocycles. The van der Waals surface area contributed by atoms with E-state index >= 15 is 0 Å². The topological polar surface area (TPSA) is 69.4 Å². The molecule has 17 heavy (non-hydrogen) atoms. The number of nitrogens with zero attached hydrogens (tertiary/aromatic N) is 1. The summed E-state index contributed by atoms with van der Waals surface area (Å²) in [7, 11) is 1.34. The average Bonchev–Trinajstić information content (AvgIpc) is 2.35. The number of rotatable bonds is 5. The fraction of sp³-hybridized carbons (Fsp3) is 0.417. The number of carbonyl (C=O) groups is 1. The quantitative estimate of drug-likeness (QED) is 0.448. The van der Waals surface area contributed by atoms with Gasteiger partial charge in [-0.05, 0) is 12.0 Å². The number of hydrogen-bond donors (Lipinski definition) is 0. The molecule has 0 aliphatic rings. The first kappa shape index (κ1) is 13.2. The lowest BCUT2D eigenvalue weighted by atomic mass is 9.94. The Bertz CT molecular complexity index is 399. The van der Waals surface area contributed by atoms with Gasteiger partial charge in [0.1, 0.15) is 0 Å². The Morgan fingerprint density at radius 2 is 2.00 bits per heavy atom. The van der Waals surface area contributed by atoms with E-state index in [2.05, 4.69) is 0 Å². The first-order chi connectivity index (χ1) is 8.10. The van der Waals surface area contributed by atoms with E-state index in [9.17, 15) is 14.9 Å². The van der Waals surface area contributed by atoms with Crippen LogP contribution in [0.3, 0.4) is 0 Å². The Labute approximate surface area is 99.5 Å². The largest absolute Gasteiger partial charge is 0.469 e. The first-order valence-corrected chi connectivity index (χ1v) is 5.42. The SMILES string of the molecule is CCCC(C(=O)OC)c1ccc([N+](=O)[O-])cc1. The van der Waals surface area contributed by atoms with E-state index in [-0.39, 0.29) is 17.6 Å². The van der Waals surface area contributed by atoms with Crippen LogP contribution in [-0.2, 0) is 9.53 Å². The number of non-ortho nitro benzene ring substituents is 1. The Balaban J connectivity index is 2.94. The third kappa shape index (κ3) is 3.27. The molecule has 1 unspecified atom stereocenters. The molecule has 1 aromatic carbocycles. The lowest BCUT2D eigenvalue weighted by Gasteiger charge is -2.13. The van der Waals surface area contributed by atoms with Crippen molar-refractivity contribution in [2.45, 2.75) is 25.7 Å². The van der Waals surface area contributed by atoms with Gasteiger partial charge in [0.15, 0.2) is 0 Å². The van der Waals surface area contributed by atoms with E-state index < -0.39 is 4.92 Å². The third-order valence-electron chi connectivity index (χ3n) is 2.57. The molecule has 0 fully saturated rings. The average molecular weight is 237 g/mol. The van der Waals surface area contributed by atoms with Crippen molar-refractivity contribution in [2.24, 2.45) is 0 Å². The maximum atomic E-state index is 11.6. The summed E-state index contributed by atoms with van der Waals surface area (Å²) in [4.78, 5) is 21.6. The van der Waals surface area contributed by atoms with Gasteiger partial charge in [-0.15, -0.1) is 0 Å². The molecular formula is C12H15NO4. The van der Waals surface area contributed by atoms with Gasteiger partial charge in [0.2, 0.25) is 0 Å². The van der Waals surface area contributed by atoms with Gasteiger partial charge in [0.05, 0.1) is 18.0 Å². The number of methoxy groups -OCH3 is 1. The zero-order chi connectivity index (χ0) is 12.8. The highest BCUT2D eigenvalue weighted by atomic mass is 16.6. The van der Waals surface area contributed by atoms with Crippen molar-refractivity contribution in [1.29, 1.82) is 0 Å². The lowest BCUT2D eigenvalue weighted by molar-refractivity contribution is -0.384. The molecule has 0 aromatic heterocycles. The first-order valence-electron chi connectivity index (χ1n) is 5.42. The van der Waals surface area contributed by atoms with E-state index in [1.165, 1.54) is 19.2 Å². The van der Waals surface area contributed by atoms with Gasteiger partial charge >= 0.3 is 5.97 Å². The highest BCUT2D eigenvalue weighted by molar-refractivity contribution is 5.78. The Morgan fingerprint density at radius 1 is 1.41 bits per heavy atom. The highest BCUT2D eigenvalue weighted by Gasteiger charge is 2.20. The molecule has 92 valence electrons. The van der Waals surface area contributed by atoms with Crippen LogP contribution in [0.25, 0.3) is 0 Å². The molecule has 1 rings (SSSR count). The molecule has 5 heteroatoms. The monoisotopic (exact) mass is 237 g/mol. The zero-order valence-electron chi connectivity index (χ0n) is 9.88. The molecule has 0 heterocycles. The standard InChI is InChI=1S/C12H15NO4/c1-3-4-11(12(14)17-2)9-5-7-10(8-6-9)13(15)16/h5-8,11H,3-4H2,1-2H3. The van der Waals surface area contributed by atoms with Gasteiger partial charge < -0.3 is 4.74 Å². The lowest BCUT2D eigenvalue weighted by Crippen LogP contribution is -2.14. The summed E-state index contributed by atoms with van der Waals surface area (Å²) in [5.41, 5.74) is 0.776. The van der Waals surface area contributed by atoms with Gasteiger partial charge in [0.25, 0.3) is 5.69 Å². The van der Waals surface area contributed by atoms with Crippen molar-refractivity contribution in [1.82, 2.24) is 0 Å². The summed E-state index contributed by atoms with van der Waals surface area (Å²) in [5.74, 6) is -0.647.